The third kappa shape index (κ3) is 5.06. The molecule has 1 aromatic carbocycles. The van der Waals surface area contributed by atoms with E-state index in [2.05, 4.69) is 20.2 Å². The van der Waals surface area contributed by atoms with Gasteiger partial charge in [-0.3, -0.25) is 9.78 Å². The molecule has 0 saturated carbocycles. The molecule has 0 radical (unpaired) electrons. The van der Waals surface area contributed by atoms with Crippen LogP contribution in [0.5, 0.6) is 17.2 Å². The minimum absolute atomic E-state index is 0.00580. The summed E-state index contributed by atoms with van der Waals surface area (Å²) >= 11 is 6.15. The Morgan fingerprint density at radius 3 is 2.65 bits per heavy atom. The van der Waals surface area contributed by atoms with Gasteiger partial charge in [0.2, 0.25) is 5.91 Å². The number of rotatable bonds is 6. The van der Waals surface area contributed by atoms with Crippen LogP contribution in [0.2, 0.25) is 5.02 Å². The van der Waals surface area contributed by atoms with Gasteiger partial charge in [0.25, 0.3) is 0 Å². The number of aromatic nitrogens is 2. The van der Waals surface area contributed by atoms with Crippen LogP contribution in [0, 0.1) is 5.92 Å². The summed E-state index contributed by atoms with van der Waals surface area (Å²) in [6, 6.07) is 12.6. The van der Waals surface area contributed by atoms with Crippen LogP contribution in [-0.4, -0.2) is 36.1 Å². The third-order valence-electron chi connectivity index (χ3n) is 5.20. The van der Waals surface area contributed by atoms with Gasteiger partial charge in [0.15, 0.2) is 11.6 Å². The molecule has 8 heteroatoms. The van der Waals surface area contributed by atoms with Crippen LogP contribution in [0.3, 0.4) is 0 Å². The van der Waals surface area contributed by atoms with Gasteiger partial charge >= 0.3 is 0 Å². The molecule has 0 aliphatic carbocycles. The molecule has 160 valence electrons. The zero-order valence-corrected chi connectivity index (χ0v) is 17.9. The van der Waals surface area contributed by atoms with Gasteiger partial charge in [0.1, 0.15) is 11.5 Å². The Hall–Kier alpha value is -3.32. The third-order valence-corrected chi connectivity index (χ3v) is 5.49. The average molecular weight is 439 g/mol. The van der Waals surface area contributed by atoms with Gasteiger partial charge in [-0.25, -0.2) is 4.98 Å². The summed E-state index contributed by atoms with van der Waals surface area (Å²) in [6.07, 6.45) is 6.56. The number of piperidine rings is 1. The van der Waals surface area contributed by atoms with Crippen LogP contribution < -0.4 is 19.7 Å². The second kappa shape index (κ2) is 9.66. The van der Waals surface area contributed by atoms with Gasteiger partial charge in [-0.2, -0.15) is 0 Å². The van der Waals surface area contributed by atoms with Crippen molar-refractivity contribution in [1.29, 1.82) is 0 Å². The second-order valence-electron chi connectivity index (χ2n) is 7.22. The van der Waals surface area contributed by atoms with Crippen LogP contribution in [-0.2, 0) is 4.79 Å². The van der Waals surface area contributed by atoms with E-state index >= 15 is 0 Å². The summed E-state index contributed by atoms with van der Waals surface area (Å²) in [5.74, 6) is 2.59. The largest absolute Gasteiger partial charge is 0.495 e. The molecule has 0 bridgehead atoms. The highest BCUT2D eigenvalue weighted by Gasteiger charge is 2.27. The predicted octanol–water partition coefficient (Wildman–Crippen LogP) is 4.79. The minimum Gasteiger partial charge on any atom is -0.495 e. The maximum absolute atomic E-state index is 12.7. The van der Waals surface area contributed by atoms with E-state index in [-0.39, 0.29) is 11.8 Å². The first kappa shape index (κ1) is 20.9. The van der Waals surface area contributed by atoms with Crippen molar-refractivity contribution in [2.45, 2.75) is 12.8 Å². The van der Waals surface area contributed by atoms with Crippen molar-refractivity contribution in [3.8, 4) is 17.2 Å². The highest BCUT2D eigenvalue weighted by atomic mass is 35.5. The summed E-state index contributed by atoms with van der Waals surface area (Å²) in [4.78, 5) is 23.5. The Kier molecular flexibility index (Phi) is 6.52. The van der Waals surface area contributed by atoms with E-state index < -0.39 is 0 Å². The van der Waals surface area contributed by atoms with E-state index in [1.807, 2.05) is 24.3 Å². The van der Waals surface area contributed by atoms with Gasteiger partial charge < -0.3 is 19.7 Å². The monoisotopic (exact) mass is 438 g/mol. The van der Waals surface area contributed by atoms with Gasteiger partial charge in [0, 0.05) is 37.1 Å². The number of carbonyl (C=O) groups excluding carboxylic acids is 1. The zero-order chi connectivity index (χ0) is 21.6. The Morgan fingerprint density at radius 1 is 1.13 bits per heavy atom. The Balaban J connectivity index is 1.38. The van der Waals surface area contributed by atoms with Crippen molar-refractivity contribution in [1.82, 2.24) is 9.97 Å². The van der Waals surface area contributed by atoms with Crippen LogP contribution in [0.1, 0.15) is 12.8 Å². The number of nitrogens with zero attached hydrogens (tertiary/aromatic N) is 3. The van der Waals surface area contributed by atoms with Crippen molar-refractivity contribution < 1.29 is 14.3 Å². The number of hydrogen-bond donors (Lipinski definition) is 1. The van der Waals surface area contributed by atoms with Crippen molar-refractivity contribution in [2.24, 2.45) is 5.92 Å². The SMILES string of the molecule is COc1ccc(NC(=O)C2CCN(c3ncccc3Oc3cccnc3)CC2)cc1Cl. The van der Waals surface area contributed by atoms with E-state index in [4.69, 9.17) is 21.1 Å². The number of ether oxygens (including phenoxy) is 2. The summed E-state index contributed by atoms with van der Waals surface area (Å²) in [7, 11) is 1.56. The first-order valence-electron chi connectivity index (χ1n) is 10.1. The molecular formula is C23H23ClN4O3. The molecule has 1 N–H and O–H groups in total. The molecule has 1 amide bonds. The number of carbonyl (C=O) groups is 1. The molecule has 7 nitrogen and oxygen atoms in total. The van der Waals surface area contributed by atoms with E-state index in [0.717, 1.165) is 18.7 Å². The zero-order valence-electron chi connectivity index (χ0n) is 17.1. The highest BCUT2D eigenvalue weighted by Crippen LogP contribution is 2.33. The van der Waals surface area contributed by atoms with Crippen LogP contribution in [0.25, 0.3) is 0 Å². The normalized spacial score (nSPS) is 14.2. The molecule has 1 fully saturated rings. The molecule has 0 spiro atoms. The van der Waals surface area contributed by atoms with Gasteiger partial charge in [-0.05, 0) is 55.3 Å². The number of amides is 1. The summed E-state index contributed by atoms with van der Waals surface area (Å²) in [6.45, 7) is 1.42. The van der Waals surface area contributed by atoms with Crippen LogP contribution >= 0.6 is 11.6 Å². The van der Waals surface area contributed by atoms with E-state index in [9.17, 15) is 4.79 Å². The lowest BCUT2D eigenvalue weighted by atomic mass is 9.95. The number of pyridine rings is 2. The molecule has 2 aromatic heterocycles. The van der Waals surface area contributed by atoms with Crippen molar-refractivity contribution in [2.75, 3.05) is 30.4 Å². The highest BCUT2D eigenvalue weighted by molar-refractivity contribution is 6.32. The fourth-order valence-corrected chi connectivity index (χ4v) is 3.83. The fourth-order valence-electron chi connectivity index (χ4n) is 3.58. The van der Waals surface area contributed by atoms with Gasteiger partial charge in [-0.1, -0.05) is 11.6 Å². The maximum atomic E-state index is 12.7. The molecular weight excluding hydrogens is 416 g/mol. The van der Waals surface area contributed by atoms with E-state index in [1.165, 1.54) is 0 Å². The number of methoxy groups -OCH3 is 1. The standard InChI is InChI=1S/C23H23ClN4O3/c1-30-20-7-6-17(14-19(20)24)27-23(29)16-8-12-28(13-9-16)22-21(5-3-11-26-22)31-18-4-2-10-25-15-18/h2-7,10-11,14-16H,8-9,12-13H2,1H3,(H,27,29). The first-order chi connectivity index (χ1) is 15.1. The van der Waals surface area contributed by atoms with E-state index in [1.54, 1.807) is 43.9 Å². The van der Waals surface area contributed by atoms with Crippen molar-refractivity contribution in [3.63, 3.8) is 0 Å². The van der Waals surface area contributed by atoms with Gasteiger partial charge in [-0.15, -0.1) is 0 Å². The van der Waals surface area contributed by atoms with E-state index in [0.29, 0.717) is 41.0 Å². The average Bonchev–Trinajstić information content (AvgIpc) is 2.80. The maximum Gasteiger partial charge on any atom is 0.227 e. The molecule has 3 aromatic rings. The molecule has 1 saturated heterocycles. The molecule has 1 aliphatic rings. The number of halogens is 1. The molecule has 0 unspecified atom stereocenters. The molecule has 1 aliphatic heterocycles. The second-order valence-corrected chi connectivity index (χ2v) is 7.62. The predicted molar refractivity (Wildman–Crippen MR) is 120 cm³/mol. The Bertz CT molecular complexity index is 1040. The van der Waals surface area contributed by atoms with Crippen LogP contribution in [0.4, 0.5) is 11.5 Å². The van der Waals surface area contributed by atoms with Crippen LogP contribution in [0.15, 0.2) is 61.1 Å². The lowest BCUT2D eigenvalue weighted by Gasteiger charge is -2.32. The summed E-state index contributed by atoms with van der Waals surface area (Å²) < 4.78 is 11.1. The van der Waals surface area contributed by atoms with Crippen molar-refractivity contribution >= 4 is 29.0 Å². The number of benzene rings is 1. The quantitative estimate of drug-likeness (QED) is 0.596. The smallest absolute Gasteiger partial charge is 0.227 e. The lowest BCUT2D eigenvalue weighted by molar-refractivity contribution is -0.120. The van der Waals surface area contributed by atoms with Gasteiger partial charge in [0.05, 0.1) is 18.3 Å². The van der Waals surface area contributed by atoms with Crippen molar-refractivity contribution in [3.05, 3.63) is 66.1 Å². The Labute approximate surface area is 186 Å². The fraction of sp³-hybridized carbons (Fsp3) is 0.261. The Morgan fingerprint density at radius 2 is 1.94 bits per heavy atom. The molecule has 3 heterocycles. The first-order valence-corrected chi connectivity index (χ1v) is 10.4. The molecule has 0 atom stereocenters. The summed E-state index contributed by atoms with van der Waals surface area (Å²) in [5, 5.41) is 3.42. The topological polar surface area (TPSA) is 76.6 Å². The number of nitrogens with one attached hydrogen (secondary N) is 1. The summed E-state index contributed by atoms with van der Waals surface area (Å²) in [5.41, 5.74) is 0.662. The minimum atomic E-state index is -0.0801. The molecule has 4 rings (SSSR count). The number of anilines is 2. The molecule has 31 heavy (non-hydrogen) atoms. The lowest BCUT2D eigenvalue weighted by Crippen LogP contribution is -2.38. The number of hydrogen-bond acceptors (Lipinski definition) is 6.